The van der Waals surface area contributed by atoms with E-state index in [9.17, 15) is 8.42 Å². The van der Waals surface area contributed by atoms with Gasteiger partial charge in [0, 0.05) is 18.6 Å². The molecule has 0 fully saturated rings. The second kappa shape index (κ2) is 4.11. The van der Waals surface area contributed by atoms with Gasteiger partial charge in [0.2, 0.25) is 5.28 Å². The zero-order valence-electron chi connectivity index (χ0n) is 7.88. The van der Waals surface area contributed by atoms with Gasteiger partial charge in [-0.2, -0.15) is 4.98 Å². The van der Waals surface area contributed by atoms with Crippen molar-refractivity contribution >= 4 is 27.4 Å². The summed E-state index contributed by atoms with van der Waals surface area (Å²) in [6.07, 6.45) is 4.25. The topological polar surface area (TPSA) is 87.7 Å². The highest BCUT2D eigenvalue weighted by Gasteiger charge is 2.14. The van der Waals surface area contributed by atoms with Gasteiger partial charge in [-0.25, -0.2) is 13.4 Å². The van der Waals surface area contributed by atoms with Crippen molar-refractivity contribution in [3.8, 4) is 0 Å². The maximum absolute atomic E-state index is 11.7. The van der Waals surface area contributed by atoms with Crippen LogP contribution >= 0.6 is 11.6 Å². The van der Waals surface area contributed by atoms with E-state index in [0.29, 0.717) is 0 Å². The van der Waals surface area contributed by atoms with E-state index in [-0.39, 0.29) is 16.0 Å². The van der Waals surface area contributed by atoms with E-state index in [4.69, 9.17) is 11.6 Å². The second-order valence-corrected chi connectivity index (χ2v) is 4.88. The first kappa shape index (κ1) is 10.9. The van der Waals surface area contributed by atoms with E-state index >= 15 is 0 Å². The summed E-state index contributed by atoms with van der Waals surface area (Å²) < 4.78 is 25.8. The third-order valence-corrected chi connectivity index (χ3v) is 3.28. The van der Waals surface area contributed by atoms with E-state index in [2.05, 4.69) is 19.7 Å². The third kappa shape index (κ3) is 2.31. The van der Waals surface area contributed by atoms with Crippen LogP contribution in [0.2, 0.25) is 5.28 Å². The smallest absolute Gasteiger partial charge is 0.264 e. The lowest BCUT2D eigenvalue weighted by atomic mass is 10.6. The molecule has 0 amide bonds. The fourth-order valence-electron chi connectivity index (χ4n) is 1.06. The molecule has 2 rings (SSSR count). The van der Waals surface area contributed by atoms with Gasteiger partial charge in [-0.15, -0.1) is 0 Å². The summed E-state index contributed by atoms with van der Waals surface area (Å²) in [5, 5.41) is -0.0192. The molecule has 16 heavy (non-hydrogen) atoms. The number of aromatic amines is 1. The Bertz CT molecular complexity index is 582. The number of halogens is 1. The van der Waals surface area contributed by atoms with Gasteiger partial charge < -0.3 is 4.98 Å². The zero-order chi connectivity index (χ0) is 11.6. The van der Waals surface area contributed by atoms with Crippen LogP contribution in [-0.2, 0) is 10.0 Å². The first-order valence-electron chi connectivity index (χ1n) is 4.22. The molecule has 2 aromatic rings. The Morgan fingerprint density at radius 1 is 1.38 bits per heavy atom. The highest BCUT2D eigenvalue weighted by molar-refractivity contribution is 7.92. The second-order valence-electron chi connectivity index (χ2n) is 2.86. The van der Waals surface area contributed by atoms with E-state index in [1.807, 2.05) is 0 Å². The predicted octanol–water partition coefficient (Wildman–Crippen LogP) is 1.26. The van der Waals surface area contributed by atoms with Crippen molar-refractivity contribution in [2.45, 2.75) is 4.90 Å². The first-order valence-corrected chi connectivity index (χ1v) is 6.08. The van der Waals surface area contributed by atoms with Gasteiger partial charge in [-0.1, -0.05) is 0 Å². The fourth-order valence-corrected chi connectivity index (χ4v) is 2.19. The molecule has 8 heteroatoms. The minimum atomic E-state index is -3.62. The van der Waals surface area contributed by atoms with Crippen molar-refractivity contribution in [3.63, 3.8) is 0 Å². The summed E-state index contributed by atoms with van der Waals surface area (Å²) in [5.41, 5.74) is 0. The Balaban J connectivity index is 2.29. The Morgan fingerprint density at radius 3 is 2.81 bits per heavy atom. The van der Waals surface area contributed by atoms with Crippen LogP contribution in [0.1, 0.15) is 0 Å². The van der Waals surface area contributed by atoms with Crippen LogP contribution in [0.25, 0.3) is 0 Å². The number of rotatable bonds is 3. The van der Waals surface area contributed by atoms with E-state index in [1.165, 1.54) is 30.7 Å². The van der Waals surface area contributed by atoms with Crippen LogP contribution < -0.4 is 4.72 Å². The van der Waals surface area contributed by atoms with Crippen LogP contribution in [0.3, 0.4) is 0 Å². The Morgan fingerprint density at radius 2 is 2.19 bits per heavy atom. The molecule has 0 atom stereocenters. The molecule has 0 saturated heterocycles. The van der Waals surface area contributed by atoms with E-state index in [1.54, 1.807) is 0 Å². The minimum Gasteiger partial charge on any atom is -0.366 e. The van der Waals surface area contributed by atoms with Gasteiger partial charge in [0.05, 0.1) is 0 Å². The maximum Gasteiger partial charge on any atom is 0.264 e. The molecule has 0 aliphatic rings. The van der Waals surface area contributed by atoms with Gasteiger partial charge in [0.1, 0.15) is 10.7 Å². The summed E-state index contributed by atoms with van der Waals surface area (Å²) in [7, 11) is -3.62. The molecular weight excluding hydrogens is 252 g/mol. The molecule has 0 aliphatic carbocycles. The summed E-state index contributed by atoms with van der Waals surface area (Å²) in [5.74, 6) is 0.126. The zero-order valence-corrected chi connectivity index (χ0v) is 9.46. The number of nitrogens with zero attached hydrogens (tertiary/aromatic N) is 2. The lowest BCUT2D eigenvalue weighted by Crippen LogP contribution is -2.13. The van der Waals surface area contributed by atoms with Crippen LogP contribution in [0.5, 0.6) is 0 Å². The average molecular weight is 259 g/mol. The SMILES string of the molecule is O=S(=O)(Nc1ccnc(Cl)n1)c1cc[nH]c1. The Hall–Kier alpha value is -1.60. The Kier molecular flexibility index (Phi) is 2.80. The number of sulfonamides is 1. The molecule has 2 N–H and O–H groups in total. The lowest BCUT2D eigenvalue weighted by molar-refractivity contribution is 0.601. The molecule has 0 aliphatic heterocycles. The largest absolute Gasteiger partial charge is 0.366 e. The molecule has 6 nitrogen and oxygen atoms in total. The van der Waals surface area contributed by atoms with Gasteiger partial charge >= 0.3 is 0 Å². The molecule has 2 aromatic heterocycles. The molecule has 0 bridgehead atoms. The van der Waals surface area contributed by atoms with Crippen molar-refractivity contribution in [1.29, 1.82) is 0 Å². The average Bonchev–Trinajstić information content (AvgIpc) is 2.69. The number of hydrogen-bond acceptors (Lipinski definition) is 4. The molecule has 0 saturated carbocycles. The Labute approximate surface area is 96.8 Å². The third-order valence-electron chi connectivity index (χ3n) is 1.74. The van der Waals surface area contributed by atoms with Gasteiger partial charge in [0.15, 0.2) is 0 Å². The van der Waals surface area contributed by atoms with Crippen molar-refractivity contribution in [3.05, 3.63) is 36.0 Å². The molecule has 0 aromatic carbocycles. The minimum absolute atomic E-state index is 0.0192. The number of hydrogen-bond donors (Lipinski definition) is 2. The van der Waals surface area contributed by atoms with Gasteiger partial charge in [-0.3, -0.25) is 4.72 Å². The van der Waals surface area contributed by atoms with Crippen LogP contribution in [-0.4, -0.2) is 23.4 Å². The lowest BCUT2D eigenvalue weighted by Gasteiger charge is -2.04. The summed E-state index contributed by atoms with van der Waals surface area (Å²) in [4.78, 5) is 10.2. The maximum atomic E-state index is 11.7. The van der Waals surface area contributed by atoms with Crippen molar-refractivity contribution < 1.29 is 8.42 Å². The standard InChI is InChI=1S/C8H7ClN4O2S/c9-8-11-4-2-7(12-8)13-16(14,15)6-1-3-10-5-6/h1-5,10H,(H,11,12,13). The number of H-pyrrole nitrogens is 1. The van der Waals surface area contributed by atoms with Crippen LogP contribution in [0.15, 0.2) is 35.6 Å². The molecule has 2 heterocycles. The number of anilines is 1. The molecule has 84 valence electrons. The first-order chi connectivity index (χ1) is 7.58. The summed E-state index contributed by atoms with van der Waals surface area (Å²) >= 11 is 5.54. The molecule has 0 spiro atoms. The van der Waals surface area contributed by atoms with Crippen molar-refractivity contribution in [1.82, 2.24) is 15.0 Å². The molecular formula is C8H7ClN4O2S. The summed E-state index contributed by atoms with van der Waals surface area (Å²) in [6, 6.07) is 2.85. The highest BCUT2D eigenvalue weighted by Crippen LogP contribution is 2.13. The van der Waals surface area contributed by atoms with Crippen LogP contribution in [0.4, 0.5) is 5.82 Å². The van der Waals surface area contributed by atoms with E-state index in [0.717, 1.165) is 0 Å². The van der Waals surface area contributed by atoms with Gasteiger partial charge in [-0.05, 0) is 23.7 Å². The monoisotopic (exact) mass is 258 g/mol. The number of aromatic nitrogens is 3. The van der Waals surface area contributed by atoms with E-state index < -0.39 is 10.0 Å². The molecule has 0 unspecified atom stereocenters. The highest BCUT2D eigenvalue weighted by atomic mass is 35.5. The van der Waals surface area contributed by atoms with Crippen molar-refractivity contribution in [2.75, 3.05) is 4.72 Å². The number of nitrogens with one attached hydrogen (secondary N) is 2. The van der Waals surface area contributed by atoms with Crippen molar-refractivity contribution in [2.24, 2.45) is 0 Å². The predicted molar refractivity (Wildman–Crippen MR) is 58.6 cm³/mol. The fraction of sp³-hybridized carbons (Fsp3) is 0. The van der Waals surface area contributed by atoms with Crippen LogP contribution in [0, 0.1) is 0 Å². The normalized spacial score (nSPS) is 11.3. The quantitative estimate of drug-likeness (QED) is 0.812. The van der Waals surface area contributed by atoms with Gasteiger partial charge in [0.25, 0.3) is 10.0 Å². The summed E-state index contributed by atoms with van der Waals surface area (Å²) in [6.45, 7) is 0. The molecule has 0 radical (unpaired) electrons.